The quantitative estimate of drug-likeness (QED) is 0.238. The van der Waals surface area contributed by atoms with Gasteiger partial charge in [0.25, 0.3) is 5.91 Å². The second-order valence-electron chi connectivity index (χ2n) is 4.44. The van der Waals surface area contributed by atoms with E-state index in [0.717, 1.165) is 19.3 Å². The number of carbonyl (C=O) groups is 2. The van der Waals surface area contributed by atoms with Crippen LogP contribution >= 0.6 is 0 Å². The summed E-state index contributed by atoms with van der Waals surface area (Å²) in [6, 6.07) is 0. The predicted octanol–water partition coefficient (Wildman–Crippen LogP) is 2.48. The molecule has 1 atom stereocenters. The summed E-state index contributed by atoms with van der Waals surface area (Å²) in [4.78, 5) is 29.5. The first-order valence-electron chi connectivity index (χ1n) is 6.77. The summed E-state index contributed by atoms with van der Waals surface area (Å²) >= 11 is 0. The molecule has 5 heteroatoms. The summed E-state index contributed by atoms with van der Waals surface area (Å²) in [5.41, 5.74) is 5.11. The third-order valence-corrected chi connectivity index (χ3v) is 2.85. The first kappa shape index (κ1) is 16.9. The Morgan fingerprint density at radius 2 is 1.67 bits per heavy atom. The van der Waals surface area contributed by atoms with E-state index >= 15 is 0 Å². The van der Waals surface area contributed by atoms with Gasteiger partial charge in [0.2, 0.25) is 0 Å². The van der Waals surface area contributed by atoms with Crippen LogP contribution in [0.5, 0.6) is 0 Å². The Morgan fingerprint density at radius 1 is 1.11 bits per heavy atom. The van der Waals surface area contributed by atoms with Gasteiger partial charge in [0.05, 0.1) is 0 Å². The molecule has 0 spiro atoms. The molecule has 0 aromatic carbocycles. The average Bonchev–Trinajstić information content (AvgIpc) is 2.35. The molecule has 5 nitrogen and oxygen atoms in total. The Bertz CT molecular complexity index is 221. The minimum Gasteiger partial charge on any atom is -0.367 e. The van der Waals surface area contributed by atoms with E-state index < -0.39 is 12.0 Å². The van der Waals surface area contributed by atoms with Crippen molar-refractivity contribution in [2.75, 3.05) is 0 Å². The maximum atomic E-state index is 10.9. The van der Waals surface area contributed by atoms with Crippen molar-refractivity contribution in [2.24, 2.45) is 5.73 Å². The standard InChI is InChI=1S/C13H25NO4/c1-2-3-4-5-6-7-8-9-10-12(13(14)16)18-17-11-15/h11-12H,2-10H2,1H3,(H2,14,16). The SMILES string of the molecule is CCCCCCCCCCC(OOC=O)C(N)=O. The molecule has 0 aromatic rings. The Labute approximate surface area is 109 Å². The molecule has 0 aliphatic carbocycles. The topological polar surface area (TPSA) is 78.6 Å². The van der Waals surface area contributed by atoms with Gasteiger partial charge in [-0.2, -0.15) is 4.89 Å². The maximum absolute atomic E-state index is 10.9. The van der Waals surface area contributed by atoms with Gasteiger partial charge in [-0.1, -0.05) is 58.3 Å². The fourth-order valence-electron chi connectivity index (χ4n) is 1.79. The predicted molar refractivity (Wildman–Crippen MR) is 68.4 cm³/mol. The monoisotopic (exact) mass is 259 g/mol. The fraction of sp³-hybridized carbons (Fsp3) is 0.846. The van der Waals surface area contributed by atoms with Crippen LogP contribution in [0.15, 0.2) is 0 Å². The van der Waals surface area contributed by atoms with Gasteiger partial charge in [0.1, 0.15) is 0 Å². The normalized spacial score (nSPS) is 12.1. The summed E-state index contributed by atoms with van der Waals surface area (Å²) < 4.78 is 0. The van der Waals surface area contributed by atoms with Crippen molar-refractivity contribution in [1.82, 2.24) is 0 Å². The van der Waals surface area contributed by atoms with Gasteiger partial charge in [0, 0.05) is 0 Å². The summed E-state index contributed by atoms with van der Waals surface area (Å²) in [5.74, 6) is -0.597. The molecule has 0 bridgehead atoms. The minimum absolute atomic E-state index is 0.143. The van der Waals surface area contributed by atoms with Crippen molar-refractivity contribution < 1.29 is 19.4 Å². The molecule has 0 rings (SSSR count). The molecule has 0 saturated carbocycles. The van der Waals surface area contributed by atoms with Gasteiger partial charge in [-0.3, -0.25) is 9.59 Å². The number of nitrogens with two attached hydrogens (primary N) is 1. The lowest BCUT2D eigenvalue weighted by Crippen LogP contribution is -2.31. The largest absolute Gasteiger partial charge is 0.367 e. The Hall–Kier alpha value is -1.10. The van der Waals surface area contributed by atoms with E-state index in [1.807, 2.05) is 0 Å². The van der Waals surface area contributed by atoms with E-state index in [4.69, 9.17) is 5.73 Å². The number of rotatable bonds is 13. The highest BCUT2D eigenvalue weighted by Crippen LogP contribution is 2.11. The summed E-state index contributed by atoms with van der Waals surface area (Å²) in [5, 5.41) is 0. The summed E-state index contributed by atoms with van der Waals surface area (Å²) in [6.45, 7) is 2.34. The molecule has 0 heterocycles. The van der Waals surface area contributed by atoms with Crippen molar-refractivity contribution in [3.05, 3.63) is 0 Å². The number of hydrogen-bond donors (Lipinski definition) is 1. The van der Waals surface area contributed by atoms with Crippen LogP contribution in [0.4, 0.5) is 0 Å². The third kappa shape index (κ3) is 10.1. The number of unbranched alkanes of at least 4 members (excludes halogenated alkanes) is 7. The maximum Gasteiger partial charge on any atom is 0.330 e. The van der Waals surface area contributed by atoms with Gasteiger partial charge in [-0.05, 0) is 6.42 Å². The number of primary amides is 1. The van der Waals surface area contributed by atoms with Crippen molar-refractivity contribution in [2.45, 2.75) is 70.8 Å². The van der Waals surface area contributed by atoms with Gasteiger partial charge in [-0.15, -0.1) is 0 Å². The third-order valence-electron chi connectivity index (χ3n) is 2.85. The van der Waals surface area contributed by atoms with Crippen LogP contribution in [0.1, 0.15) is 64.7 Å². The molecule has 0 aromatic heterocycles. The lowest BCUT2D eigenvalue weighted by Gasteiger charge is -2.10. The lowest BCUT2D eigenvalue weighted by molar-refractivity contribution is -0.280. The molecular formula is C13H25NO4. The number of carbonyl (C=O) groups excluding carboxylic acids is 2. The highest BCUT2D eigenvalue weighted by atomic mass is 17.2. The molecule has 18 heavy (non-hydrogen) atoms. The van der Waals surface area contributed by atoms with Crippen molar-refractivity contribution in [1.29, 1.82) is 0 Å². The van der Waals surface area contributed by atoms with Crippen molar-refractivity contribution in [3.8, 4) is 0 Å². The first-order chi connectivity index (χ1) is 8.72. The molecular weight excluding hydrogens is 234 g/mol. The van der Waals surface area contributed by atoms with Crippen LogP contribution in [0, 0.1) is 0 Å². The Balaban J connectivity index is 3.43. The van der Waals surface area contributed by atoms with Crippen LogP contribution in [-0.2, 0) is 19.4 Å². The van der Waals surface area contributed by atoms with E-state index in [9.17, 15) is 9.59 Å². The Kier molecular flexibility index (Phi) is 11.6. The molecule has 1 amide bonds. The second-order valence-corrected chi connectivity index (χ2v) is 4.44. The van der Waals surface area contributed by atoms with Crippen LogP contribution in [0.2, 0.25) is 0 Å². The van der Waals surface area contributed by atoms with Crippen LogP contribution in [0.25, 0.3) is 0 Å². The second kappa shape index (κ2) is 12.4. The zero-order valence-electron chi connectivity index (χ0n) is 11.2. The van der Waals surface area contributed by atoms with E-state index in [1.165, 1.54) is 32.1 Å². The van der Waals surface area contributed by atoms with Crippen molar-refractivity contribution >= 4 is 12.4 Å². The van der Waals surface area contributed by atoms with Gasteiger partial charge in [-0.25, -0.2) is 0 Å². The Morgan fingerprint density at radius 3 is 2.17 bits per heavy atom. The van der Waals surface area contributed by atoms with Crippen molar-refractivity contribution in [3.63, 3.8) is 0 Å². The van der Waals surface area contributed by atoms with Crippen LogP contribution < -0.4 is 5.73 Å². The molecule has 0 aliphatic heterocycles. The van der Waals surface area contributed by atoms with E-state index in [2.05, 4.69) is 16.7 Å². The zero-order chi connectivity index (χ0) is 13.6. The molecule has 0 aliphatic rings. The van der Waals surface area contributed by atoms with Crippen LogP contribution in [0.3, 0.4) is 0 Å². The fourth-order valence-corrected chi connectivity index (χ4v) is 1.79. The van der Waals surface area contributed by atoms with E-state index in [1.54, 1.807) is 0 Å². The van der Waals surface area contributed by atoms with E-state index in [0.29, 0.717) is 6.42 Å². The van der Waals surface area contributed by atoms with Gasteiger partial charge >= 0.3 is 6.47 Å². The highest BCUT2D eigenvalue weighted by Gasteiger charge is 2.16. The average molecular weight is 259 g/mol. The number of amides is 1. The molecule has 0 radical (unpaired) electrons. The van der Waals surface area contributed by atoms with Gasteiger partial charge in [0.15, 0.2) is 6.10 Å². The number of hydrogen-bond acceptors (Lipinski definition) is 4. The lowest BCUT2D eigenvalue weighted by atomic mass is 10.1. The molecule has 0 fully saturated rings. The van der Waals surface area contributed by atoms with E-state index in [-0.39, 0.29) is 6.47 Å². The molecule has 0 saturated heterocycles. The van der Waals surface area contributed by atoms with Gasteiger partial charge < -0.3 is 10.6 Å². The minimum atomic E-state index is -0.824. The summed E-state index contributed by atoms with van der Waals surface area (Å²) in [7, 11) is 0. The molecule has 2 N–H and O–H groups in total. The summed E-state index contributed by atoms with van der Waals surface area (Å²) in [6.07, 6.45) is 9.10. The molecule has 1 unspecified atom stereocenters. The first-order valence-corrected chi connectivity index (χ1v) is 6.77. The highest BCUT2D eigenvalue weighted by molar-refractivity contribution is 5.78. The molecule has 106 valence electrons. The smallest absolute Gasteiger partial charge is 0.330 e. The van der Waals surface area contributed by atoms with Crippen LogP contribution in [-0.4, -0.2) is 18.5 Å². The zero-order valence-corrected chi connectivity index (χ0v) is 11.2.